The predicted octanol–water partition coefficient (Wildman–Crippen LogP) is 3.05. The van der Waals surface area contributed by atoms with Crippen molar-refractivity contribution in [1.29, 1.82) is 0 Å². The van der Waals surface area contributed by atoms with E-state index < -0.39 is 0 Å². The number of hydrogen-bond acceptors (Lipinski definition) is 3. The lowest BCUT2D eigenvalue weighted by atomic mass is 9.97. The minimum Gasteiger partial charge on any atom is -0.396 e. The number of halogens is 1. The topological polar surface area (TPSA) is 35.5 Å². The van der Waals surface area contributed by atoms with E-state index in [-0.39, 0.29) is 0 Å². The third kappa shape index (κ3) is 3.87. The second-order valence-corrected chi connectivity index (χ2v) is 6.29. The molecule has 1 aromatic carbocycles. The lowest BCUT2D eigenvalue weighted by molar-refractivity contribution is 0.203. The van der Waals surface area contributed by atoms with E-state index in [4.69, 9.17) is 11.6 Å². The molecular weight excluding hydrogens is 272 g/mol. The van der Waals surface area contributed by atoms with E-state index in [9.17, 15) is 5.11 Å². The van der Waals surface area contributed by atoms with Gasteiger partial charge in [-0.15, -0.1) is 0 Å². The Labute approximate surface area is 126 Å². The molecule has 0 radical (unpaired) electrons. The first-order valence-corrected chi connectivity index (χ1v) is 7.86. The zero-order chi connectivity index (χ0) is 14.5. The Hall–Kier alpha value is -0.770. The molecule has 2 N–H and O–H groups in total. The first-order valence-electron chi connectivity index (χ1n) is 7.48. The van der Waals surface area contributed by atoms with Crippen LogP contribution >= 0.6 is 11.6 Å². The van der Waals surface area contributed by atoms with Crippen LogP contribution in [-0.4, -0.2) is 30.8 Å². The third-order valence-electron chi connectivity index (χ3n) is 3.99. The Morgan fingerprint density at radius 1 is 1.35 bits per heavy atom. The van der Waals surface area contributed by atoms with Crippen LogP contribution in [-0.2, 0) is 6.54 Å². The van der Waals surface area contributed by atoms with Crippen LogP contribution in [0.2, 0.25) is 5.02 Å². The van der Waals surface area contributed by atoms with Crippen molar-refractivity contribution in [1.82, 2.24) is 5.32 Å². The van der Waals surface area contributed by atoms with Gasteiger partial charge in [-0.25, -0.2) is 0 Å². The average molecular weight is 297 g/mol. The monoisotopic (exact) mass is 296 g/mol. The number of hydrogen-bond donors (Lipinski definition) is 2. The summed E-state index contributed by atoms with van der Waals surface area (Å²) in [5, 5.41) is 13.5. The second-order valence-electron chi connectivity index (χ2n) is 5.89. The van der Waals surface area contributed by atoms with Crippen molar-refractivity contribution in [2.24, 2.45) is 5.92 Å². The molecule has 0 amide bonds. The fourth-order valence-corrected chi connectivity index (χ4v) is 2.92. The Morgan fingerprint density at radius 2 is 2.05 bits per heavy atom. The Kier molecular flexibility index (Phi) is 5.70. The van der Waals surface area contributed by atoms with Crippen molar-refractivity contribution in [3.63, 3.8) is 0 Å². The summed E-state index contributed by atoms with van der Waals surface area (Å²) >= 11 is 6.38. The van der Waals surface area contributed by atoms with Gasteiger partial charge in [-0.2, -0.15) is 0 Å². The van der Waals surface area contributed by atoms with Crippen LogP contribution in [0, 0.1) is 5.92 Å². The molecule has 1 aliphatic rings. The lowest BCUT2D eigenvalue weighted by Crippen LogP contribution is -2.36. The van der Waals surface area contributed by atoms with Gasteiger partial charge in [0, 0.05) is 48.6 Å². The summed E-state index contributed by atoms with van der Waals surface area (Å²) in [5.74, 6) is 0.461. The smallest absolute Gasteiger partial charge is 0.0471 e. The van der Waals surface area contributed by atoms with Gasteiger partial charge in [-0.05, 0) is 30.9 Å². The molecule has 20 heavy (non-hydrogen) atoms. The van der Waals surface area contributed by atoms with E-state index in [2.05, 4.69) is 30.1 Å². The summed E-state index contributed by atoms with van der Waals surface area (Å²) < 4.78 is 0. The van der Waals surface area contributed by atoms with Gasteiger partial charge in [0.1, 0.15) is 0 Å². The molecule has 1 fully saturated rings. The van der Waals surface area contributed by atoms with Gasteiger partial charge in [0.15, 0.2) is 0 Å². The van der Waals surface area contributed by atoms with Crippen molar-refractivity contribution in [3.8, 4) is 0 Å². The van der Waals surface area contributed by atoms with Crippen LogP contribution in [0.4, 0.5) is 5.69 Å². The highest BCUT2D eigenvalue weighted by atomic mass is 35.5. The SMILES string of the molecule is CC(C)NCc1c(Cl)cccc1N1CCC(CO)CC1. The van der Waals surface area contributed by atoms with Crippen molar-refractivity contribution < 1.29 is 5.11 Å². The molecule has 2 rings (SSSR count). The first kappa shape index (κ1) is 15.6. The van der Waals surface area contributed by atoms with Crippen molar-refractivity contribution in [2.45, 2.75) is 39.3 Å². The largest absolute Gasteiger partial charge is 0.396 e. The van der Waals surface area contributed by atoms with Crippen LogP contribution < -0.4 is 10.2 Å². The number of aliphatic hydroxyl groups excluding tert-OH is 1. The molecule has 1 saturated heterocycles. The molecule has 0 unspecified atom stereocenters. The number of nitrogens with one attached hydrogen (secondary N) is 1. The summed E-state index contributed by atoms with van der Waals surface area (Å²) in [6.07, 6.45) is 2.11. The molecule has 1 aromatic rings. The molecule has 1 heterocycles. The predicted molar refractivity (Wildman–Crippen MR) is 85.5 cm³/mol. The average Bonchev–Trinajstić information content (AvgIpc) is 2.45. The van der Waals surface area contributed by atoms with E-state index in [1.807, 2.05) is 12.1 Å². The Bertz CT molecular complexity index is 428. The molecule has 4 heteroatoms. The molecule has 0 aromatic heterocycles. The fraction of sp³-hybridized carbons (Fsp3) is 0.625. The van der Waals surface area contributed by atoms with Gasteiger partial charge < -0.3 is 15.3 Å². The minimum absolute atomic E-state index is 0.311. The standard InChI is InChI=1S/C16H25ClN2O/c1-12(2)18-10-14-15(17)4-3-5-16(14)19-8-6-13(11-20)7-9-19/h3-5,12-13,18,20H,6-11H2,1-2H3. The number of anilines is 1. The van der Waals surface area contributed by atoms with E-state index in [0.29, 0.717) is 18.6 Å². The van der Waals surface area contributed by atoms with Crippen LogP contribution in [0.25, 0.3) is 0 Å². The summed E-state index contributed by atoms with van der Waals surface area (Å²) in [4.78, 5) is 2.40. The van der Waals surface area contributed by atoms with Gasteiger partial charge in [-0.1, -0.05) is 31.5 Å². The summed E-state index contributed by atoms with van der Waals surface area (Å²) in [7, 11) is 0. The van der Waals surface area contributed by atoms with E-state index in [0.717, 1.165) is 37.5 Å². The number of benzene rings is 1. The Balaban J connectivity index is 2.12. The normalized spacial score (nSPS) is 16.9. The molecular formula is C16H25ClN2O. The van der Waals surface area contributed by atoms with Crippen molar-refractivity contribution in [3.05, 3.63) is 28.8 Å². The van der Waals surface area contributed by atoms with Gasteiger partial charge in [0.05, 0.1) is 0 Å². The Morgan fingerprint density at radius 3 is 2.65 bits per heavy atom. The molecule has 1 aliphatic heterocycles. The maximum absolute atomic E-state index is 9.24. The summed E-state index contributed by atoms with van der Waals surface area (Å²) in [5.41, 5.74) is 2.42. The van der Waals surface area contributed by atoms with E-state index in [1.165, 1.54) is 11.3 Å². The van der Waals surface area contributed by atoms with Crippen LogP contribution in [0.15, 0.2) is 18.2 Å². The van der Waals surface area contributed by atoms with Gasteiger partial charge in [0.2, 0.25) is 0 Å². The quantitative estimate of drug-likeness (QED) is 0.877. The summed E-state index contributed by atoms with van der Waals surface area (Å²) in [6.45, 7) is 7.39. The van der Waals surface area contributed by atoms with Gasteiger partial charge in [-0.3, -0.25) is 0 Å². The van der Waals surface area contributed by atoms with Crippen LogP contribution in [0.5, 0.6) is 0 Å². The molecule has 0 saturated carbocycles. The highest BCUT2D eigenvalue weighted by molar-refractivity contribution is 6.31. The highest BCUT2D eigenvalue weighted by Gasteiger charge is 2.21. The maximum atomic E-state index is 9.24. The second kappa shape index (κ2) is 7.30. The van der Waals surface area contributed by atoms with Crippen LogP contribution in [0.3, 0.4) is 0 Å². The highest BCUT2D eigenvalue weighted by Crippen LogP contribution is 2.30. The fourth-order valence-electron chi connectivity index (χ4n) is 2.68. The zero-order valence-electron chi connectivity index (χ0n) is 12.4. The van der Waals surface area contributed by atoms with E-state index in [1.54, 1.807) is 0 Å². The molecule has 3 nitrogen and oxygen atoms in total. The number of aliphatic hydroxyl groups is 1. The molecule has 0 aliphatic carbocycles. The number of piperidine rings is 1. The molecule has 0 spiro atoms. The summed E-state index contributed by atoms with van der Waals surface area (Å²) in [6, 6.07) is 6.58. The minimum atomic E-state index is 0.311. The zero-order valence-corrected chi connectivity index (χ0v) is 13.2. The van der Waals surface area contributed by atoms with Crippen molar-refractivity contribution >= 4 is 17.3 Å². The van der Waals surface area contributed by atoms with Gasteiger partial charge >= 0.3 is 0 Å². The third-order valence-corrected chi connectivity index (χ3v) is 4.35. The molecule has 0 bridgehead atoms. The first-order chi connectivity index (χ1) is 9.61. The molecule has 0 atom stereocenters. The van der Waals surface area contributed by atoms with Crippen LogP contribution in [0.1, 0.15) is 32.3 Å². The van der Waals surface area contributed by atoms with E-state index >= 15 is 0 Å². The van der Waals surface area contributed by atoms with Gasteiger partial charge in [0.25, 0.3) is 0 Å². The maximum Gasteiger partial charge on any atom is 0.0471 e. The number of nitrogens with zero attached hydrogens (tertiary/aromatic N) is 1. The number of rotatable bonds is 5. The lowest BCUT2D eigenvalue weighted by Gasteiger charge is -2.34. The molecule has 112 valence electrons. The van der Waals surface area contributed by atoms with Crippen molar-refractivity contribution in [2.75, 3.05) is 24.6 Å².